The van der Waals surface area contributed by atoms with Crippen molar-refractivity contribution in [3.8, 4) is 11.5 Å². The molecule has 33 heavy (non-hydrogen) atoms. The van der Waals surface area contributed by atoms with E-state index in [1.807, 2.05) is 31.2 Å². The monoisotopic (exact) mass is 460 g/mol. The predicted molar refractivity (Wildman–Crippen MR) is 126 cm³/mol. The third-order valence-corrected chi connectivity index (χ3v) is 6.93. The first-order chi connectivity index (χ1) is 15.8. The summed E-state index contributed by atoms with van der Waals surface area (Å²) in [7, 11) is -3.53. The highest BCUT2D eigenvalue weighted by Crippen LogP contribution is 2.25. The van der Waals surface area contributed by atoms with Gasteiger partial charge in [0.2, 0.25) is 5.89 Å². The number of aryl methyl sites for hydroxylation is 2. The van der Waals surface area contributed by atoms with Gasteiger partial charge in [-0.3, -0.25) is 4.79 Å². The van der Waals surface area contributed by atoms with Gasteiger partial charge in [0.1, 0.15) is 11.5 Å². The van der Waals surface area contributed by atoms with Gasteiger partial charge < -0.3 is 9.73 Å². The van der Waals surface area contributed by atoms with Crippen molar-refractivity contribution < 1.29 is 17.6 Å². The molecular formula is C26H24N2O4S. The zero-order valence-corrected chi connectivity index (χ0v) is 19.2. The molecule has 0 aliphatic heterocycles. The number of hydrogen-bond acceptors (Lipinski definition) is 5. The molecule has 0 unspecified atom stereocenters. The Balaban J connectivity index is 1.44. The van der Waals surface area contributed by atoms with Crippen LogP contribution in [0.3, 0.4) is 0 Å². The Hall–Kier alpha value is -3.71. The van der Waals surface area contributed by atoms with E-state index in [9.17, 15) is 13.2 Å². The molecule has 1 heterocycles. The maximum absolute atomic E-state index is 12.7. The summed E-state index contributed by atoms with van der Waals surface area (Å²) in [5.74, 6) is 0.341. The van der Waals surface area contributed by atoms with Crippen LogP contribution in [0, 0.1) is 13.8 Å². The third kappa shape index (κ3) is 5.38. The quantitative estimate of drug-likeness (QED) is 0.425. The lowest BCUT2D eigenvalue weighted by molar-refractivity contribution is 0.0951. The van der Waals surface area contributed by atoms with Gasteiger partial charge in [0.05, 0.1) is 10.6 Å². The number of nitrogens with zero attached hydrogens (tertiary/aromatic N) is 1. The molecule has 0 bridgehead atoms. The molecule has 0 atom stereocenters. The van der Waals surface area contributed by atoms with Gasteiger partial charge in [-0.1, -0.05) is 48.0 Å². The summed E-state index contributed by atoms with van der Waals surface area (Å²) in [5, 5.41) is 2.90. The highest BCUT2D eigenvalue weighted by Gasteiger charge is 2.21. The lowest BCUT2D eigenvalue weighted by atomic mass is 10.1. The molecule has 1 N–H and O–H groups in total. The van der Waals surface area contributed by atoms with Crippen LogP contribution in [0.25, 0.3) is 11.5 Å². The molecule has 0 saturated heterocycles. The molecule has 4 aromatic rings. The highest BCUT2D eigenvalue weighted by atomic mass is 32.2. The van der Waals surface area contributed by atoms with Crippen LogP contribution in [0.4, 0.5) is 0 Å². The lowest BCUT2D eigenvalue weighted by Crippen LogP contribution is -2.22. The van der Waals surface area contributed by atoms with Crippen molar-refractivity contribution in [3.63, 3.8) is 0 Å². The van der Waals surface area contributed by atoms with E-state index in [4.69, 9.17) is 4.42 Å². The standard InChI is InChI=1S/C26H24N2O4S/c1-18-8-10-20(11-9-18)16-27-25(29)21-12-14-22(15-13-21)26-28-24(19(2)32-26)17-33(30,31)23-6-4-3-5-7-23/h3-15H,16-17H2,1-2H3,(H,27,29). The van der Waals surface area contributed by atoms with Gasteiger partial charge in [-0.25, -0.2) is 13.4 Å². The number of carbonyl (C=O) groups excluding carboxylic acids is 1. The Labute approximate surface area is 193 Å². The van der Waals surface area contributed by atoms with Crippen LogP contribution >= 0.6 is 0 Å². The fraction of sp³-hybridized carbons (Fsp3) is 0.154. The van der Waals surface area contributed by atoms with Crippen molar-refractivity contribution in [2.24, 2.45) is 0 Å². The van der Waals surface area contributed by atoms with Crippen LogP contribution < -0.4 is 5.32 Å². The summed E-state index contributed by atoms with van der Waals surface area (Å²) in [6.45, 7) is 4.16. The van der Waals surface area contributed by atoms with Crippen LogP contribution in [0.5, 0.6) is 0 Å². The number of aromatic nitrogens is 1. The van der Waals surface area contributed by atoms with Crippen molar-refractivity contribution in [1.82, 2.24) is 10.3 Å². The summed E-state index contributed by atoms with van der Waals surface area (Å²) in [6.07, 6.45) is 0. The van der Waals surface area contributed by atoms with Crippen LogP contribution in [0.1, 0.15) is 32.9 Å². The second kappa shape index (κ2) is 9.42. The van der Waals surface area contributed by atoms with Crippen LogP contribution in [-0.4, -0.2) is 19.3 Å². The van der Waals surface area contributed by atoms with Gasteiger partial charge in [-0.15, -0.1) is 0 Å². The molecule has 0 spiro atoms. The Bertz CT molecular complexity index is 1360. The van der Waals surface area contributed by atoms with Crippen LogP contribution in [0.15, 0.2) is 88.2 Å². The molecule has 7 heteroatoms. The third-order valence-electron chi connectivity index (χ3n) is 5.29. The fourth-order valence-corrected chi connectivity index (χ4v) is 4.70. The van der Waals surface area contributed by atoms with Crippen LogP contribution in [0.2, 0.25) is 0 Å². The van der Waals surface area contributed by atoms with Crippen molar-refractivity contribution in [1.29, 1.82) is 0 Å². The number of benzene rings is 3. The molecule has 6 nitrogen and oxygen atoms in total. The topological polar surface area (TPSA) is 89.3 Å². The molecule has 168 valence electrons. The molecule has 1 amide bonds. The molecular weight excluding hydrogens is 436 g/mol. The van der Waals surface area contributed by atoms with E-state index in [1.165, 1.54) is 5.56 Å². The van der Waals surface area contributed by atoms with Gasteiger partial charge >= 0.3 is 0 Å². The molecule has 0 aliphatic carbocycles. The van der Waals surface area contributed by atoms with E-state index in [0.717, 1.165) is 5.56 Å². The van der Waals surface area contributed by atoms with Gasteiger partial charge in [0.25, 0.3) is 5.91 Å². The summed E-state index contributed by atoms with van der Waals surface area (Å²) in [6, 6.07) is 23.1. The van der Waals surface area contributed by atoms with Gasteiger partial charge in [-0.2, -0.15) is 0 Å². The number of amides is 1. The number of nitrogens with one attached hydrogen (secondary N) is 1. The first-order valence-corrected chi connectivity index (χ1v) is 12.2. The van der Waals surface area contributed by atoms with E-state index in [2.05, 4.69) is 10.3 Å². The molecule has 0 aliphatic rings. The van der Waals surface area contributed by atoms with Gasteiger partial charge in [0, 0.05) is 17.7 Å². The summed E-state index contributed by atoms with van der Waals surface area (Å²) in [5.41, 5.74) is 3.74. The first-order valence-electron chi connectivity index (χ1n) is 10.5. The average Bonchev–Trinajstić information content (AvgIpc) is 3.18. The molecule has 0 fully saturated rings. The van der Waals surface area contributed by atoms with Crippen molar-refractivity contribution in [2.45, 2.75) is 31.0 Å². The Morgan fingerprint density at radius 3 is 2.24 bits per heavy atom. The molecule has 0 saturated carbocycles. The second-order valence-electron chi connectivity index (χ2n) is 7.84. The van der Waals surface area contributed by atoms with E-state index in [-0.39, 0.29) is 16.6 Å². The smallest absolute Gasteiger partial charge is 0.251 e. The predicted octanol–water partition coefficient (Wildman–Crippen LogP) is 4.86. The Kier molecular flexibility index (Phi) is 6.42. The minimum absolute atomic E-state index is 0.180. The number of rotatable bonds is 7. The molecule has 4 rings (SSSR count). The van der Waals surface area contributed by atoms with Crippen LogP contribution in [-0.2, 0) is 22.1 Å². The SMILES string of the molecule is Cc1ccc(CNC(=O)c2ccc(-c3nc(CS(=O)(=O)c4ccccc4)c(C)o3)cc2)cc1. The summed E-state index contributed by atoms with van der Waals surface area (Å²) >= 11 is 0. The molecule has 1 aromatic heterocycles. The van der Waals surface area contributed by atoms with Crippen molar-refractivity contribution in [3.05, 3.63) is 107 Å². The van der Waals surface area contributed by atoms with E-state index in [1.54, 1.807) is 61.5 Å². The zero-order valence-electron chi connectivity index (χ0n) is 18.4. The molecule has 3 aromatic carbocycles. The van der Waals surface area contributed by atoms with E-state index in [0.29, 0.717) is 35.0 Å². The van der Waals surface area contributed by atoms with E-state index >= 15 is 0 Å². The van der Waals surface area contributed by atoms with Crippen molar-refractivity contribution in [2.75, 3.05) is 0 Å². The zero-order chi connectivity index (χ0) is 23.4. The lowest BCUT2D eigenvalue weighted by Gasteiger charge is -2.06. The maximum atomic E-state index is 12.7. The minimum atomic E-state index is -3.53. The van der Waals surface area contributed by atoms with Gasteiger partial charge in [0.15, 0.2) is 9.84 Å². The average molecular weight is 461 g/mol. The Morgan fingerprint density at radius 1 is 0.909 bits per heavy atom. The second-order valence-corrected chi connectivity index (χ2v) is 9.83. The maximum Gasteiger partial charge on any atom is 0.251 e. The molecule has 0 radical (unpaired) electrons. The summed E-state index contributed by atoms with van der Waals surface area (Å²) in [4.78, 5) is 17.1. The normalized spacial score (nSPS) is 11.3. The number of carbonyl (C=O) groups is 1. The number of sulfone groups is 1. The summed E-state index contributed by atoms with van der Waals surface area (Å²) < 4.78 is 31.1. The number of hydrogen-bond donors (Lipinski definition) is 1. The fourth-order valence-electron chi connectivity index (χ4n) is 3.33. The minimum Gasteiger partial charge on any atom is -0.441 e. The highest BCUT2D eigenvalue weighted by molar-refractivity contribution is 7.90. The van der Waals surface area contributed by atoms with Gasteiger partial charge in [-0.05, 0) is 55.8 Å². The van der Waals surface area contributed by atoms with Crippen molar-refractivity contribution >= 4 is 15.7 Å². The largest absolute Gasteiger partial charge is 0.441 e. The van der Waals surface area contributed by atoms with E-state index < -0.39 is 9.84 Å². The first kappa shape index (κ1) is 22.5. The number of oxazole rings is 1. The Morgan fingerprint density at radius 2 is 1.58 bits per heavy atom.